The Kier molecular flexibility index (Phi) is 6.58. The van der Waals surface area contributed by atoms with Gasteiger partial charge in [0.15, 0.2) is 0 Å². The highest BCUT2D eigenvalue weighted by atomic mass is 35.5. The second-order valence-corrected chi connectivity index (χ2v) is 3.39. The van der Waals surface area contributed by atoms with Crippen molar-refractivity contribution in [1.82, 2.24) is 0 Å². The first-order valence-electron chi connectivity index (χ1n) is 3.65. The summed E-state index contributed by atoms with van der Waals surface area (Å²) in [5.41, 5.74) is -0.352. The predicted molar refractivity (Wildman–Crippen MR) is 48.0 cm³/mol. The van der Waals surface area contributed by atoms with E-state index in [-0.39, 0.29) is 23.8 Å². The van der Waals surface area contributed by atoms with Crippen molar-refractivity contribution in [1.29, 1.82) is 0 Å². The molecule has 0 aromatic rings. The number of ether oxygens (including phenoxy) is 1. The molecule has 0 saturated heterocycles. The van der Waals surface area contributed by atoms with E-state index < -0.39 is 0 Å². The van der Waals surface area contributed by atoms with Gasteiger partial charge in [-0.1, -0.05) is 6.92 Å². The first kappa shape index (κ1) is 13.4. The molecule has 68 valence electrons. The molecule has 2 nitrogen and oxygen atoms in total. The summed E-state index contributed by atoms with van der Waals surface area (Å²) in [5.74, 6) is -0.116. The number of hydrogen-bond donors (Lipinski definition) is 0. The van der Waals surface area contributed by atoms with Gasteiger partial charge in [-0.05, 0) is 27.2 Å². The highest BCUT2D eigenvalue weighted by Gasteiger charge is 2.22. The Bertz CT molecular complexity index is 116. The van der Waals surface area contributed by atoms with Gasteiger partial charge in [0, 0.05) is 0 Å². The van der Waals surface area contributed by atoms with E-state index in [0.717, 1.165) is 6.42 Å². The molecule has 0 aromatic carbocycles. The number of esters is 1. The van der Waals surface area contributed by atoms with Crippen LogP contribution in [-0.2, 0) is 9.53 Å². The predicted octanol–water partition coefficient (Wildman–Crippen LogP) is 2.41. The minimum Gasteiger partial charge on any atom is -0.465 e. The lowest BCUT2D eigenvalue weighted by Crippen LogP contribution is -2.23. The van der Waals surface area contributed by atoms with Crippen molar-refractivity contribution >= 4 is 18.4 Å². The molecule has 0 aliphatic heterocycles. The monoisotopic (exact) mass is 180 g/mol. The van der Waals surface area contributed by atoms with E-state index in [0.29, 0.717) is 6.61 Å². The van der Waals surface area contributed by atoms with Crippen molar-refractivity contribution < 1.29 is 9.53 Å². The zero-order chi connectivity index (χ0) is 8.20. The summed E-state index contributed by atoms with van der Waals surface area (Å²) in [6.07, 6.45) is 0.891. The second kappa shape index (κ2) is 5.42. The molecule has 0 heterocycles. The third-order valence-corrected chi connectivity index (χ3v) is 1.05. The van der Waals surface area contributed by atoms with Crippen molar-refractivity contribution in [3.8, 4) is 0 Å². The average Bonchev–Trinajstić information content (AvgIpc) is 1.80. The Morgan fingerprint density at radius 3 is 2.09 bits per heavy atom. The molecule has 0 radical (unpaired) electrons. The number of carbonyl (C=O) groups excluding carboxylic acids is 1. The standard InChI is InChI=1S/C8H16O2.ClH/c1-5-6-10-7(9)8(2,3)4;/h5-6H2,1-4H3;1H. The van der Waals surface area contributed by atoms with Crippen LogP contribution in [0.2, 0.25) is 0 Å². The van der Waals surface area contributed by atoms with Crippen molar-refractivity contribution in [2.75, 3.05) is 6.61 Å². The number of rotatable bonds is 2. The topological polar surface area (TPSA) is 26.3 Å². The quantitative estimate of drug-likeness (QED) is 0.611. The Labute approximate surface area is 74.7 Å². The SMILES string of the molecule is CCCOC(=O)C(C)(C)C.Cl. The van der Waals surface area contributed by atoms with Crippen LogP contribution >= 0.6 is 12.4 Å². The smallest absolute Gasteiger partial charge is 0.311 e. The summed E-state index contributed by atoms with van der Waals surface area (Å²) in [7, 11) is 0. The summed E-state index contributed by atoms with van der Waals surface area (Å²) in [4.78, 5) is 11.0. The fourth-order valence-electron chi connectivity index (χ4n) is 0.411. The van der Waals surface area contributed by atoms with Crippen molar-refractivity contribution in [3.05, 3.63) is 0 Å². The van der Waals surface area contributed by atoms with Crippen LogP contribution in [0.1, 0.15) is 34.1 Å². The van der Waals surface area contributed by atoms with E-state index in [9.17, 15) is 4.79 Å². The molecule has 0 rings (SSSR count). The Morgan fingerprint density at radius 2 is 1.82 bits per heavy atom. The number of carbonyl (C=O) groups is 1. The Morgan fingerprint density at radius 1 is 1.36 bits per heavy atom. The molecule has 0 N–H and O–H groups in total. The van der Waals surface area contributed by atoms with Crippen LogP contribution in [0.3, 0.4) is 0 Å². The minimum absolute atomic E-state index is 0. The minimum atomic E-state index is -0.352. The molecular formula is C8H17ClO2. The highest BCUT2D eigenvalue weighted by Crippen LogP contribution is 2.14. The van der Waals surface area contributed by atoms with Crippen LogP contribution in [0.4, 0.5) is 0 Å². The molecule has 0 bridgehead atoms. The maximum Gasteiger partial charge on any atom is 0.311 e. The summed E-state index contributed by atoms with van der Waals surface area (Å²) in [6.45, 7) is 8.08. The largest absolute Gasteiger partial charge is 0.465 e. The normalized spacial score (nSPS) is 10.2. The van der Waals surface area contributed by atoms with Gasteiger partial charge in [0.2, 0.25) is 0 Å². The average molecular weight is 181 g/mol. The molecule has 0 aliphatic carbocycles. The van der Waals surface area contributed by atoms with Gasteiger partial charge in [-0.15, -0.1) is 12.4 Å². The van der Waals surface area contributed by atoms with E-state index >= 15 is 0 Å². The second-order valence-electron chi connectivity index (χ2n) is 3.39. The van der Waals surface area contributed by atoms with Gasteiger partial charge < -0.3 is 4.74 Å². The molecule has 0 unspecified atom stereocenters. The van der Waals surface area contributed by atoms with Crippen molar-refractivity contribution in [2.45, 2.75) is 34.1 Å². The van der Waals surface area contributed by atoms with Crippen LogP contribution in [0, 0.1) is 5.41 Å². The molecular weight excluding hydrogens is 164 g/mol. The van der Waals surface area contributed by atoms with Gasteiger partial charge in [0.1, 0.15) is 0 Å². The third-order valence-electron chi connectivity index (χ3n) is 1.05. The van der Waals surface area contributed by atoms with E-state index in [2.05, 4.69) is 0 Å². The van der Waals surface area contributed by atoms with Crippen molar-refractivity contribution in [3.63, 3.8) is 0 Å². The van der Waals surface area contributed by atoms with Gasteiger partial charge in [-0.3, -0.25) is 4.79 Å². The molecule has 0 aliphatic rings. The van der Waals surface area contributed by atoms with Gasteiger partial charge in [0.05, 0.1) is 12.0 Å². The molecule has 0 atom stereocenters. The molecule has 0 spiro atoms. The Hall–Kier alpha value is -0.240. The lowest BCUT2D eigenvalue weighted by Gasteiger charge is -2.15. The first-order valence-corrected chi connectivity index (χ1v) is 3.65. The van der Waals surface area contributed by atoms with Gasteiger partial charge in [-0.25, -0.2) is 0 Å². The summed E-state index contributed by atoms with van der Waals surface area (Å²) in [5, 5.41) is 0. The summed E-state index contributed by atoms with van der Waals surface area (Å²) in [6, 6.07) is 0. The van der Waals surface area contributed by atoms with Gasteiger partial charge in [-0.2, -0.15) is 0 Å². The van der Waals surface area contributed by atoms with E-state index in [1.165, 1.54) is 0 Å². The van der Waals surface area contributed by atoms with Crippen LogP contribution in [0.5, 0.6) is 0 Å². The lowest BCUT2D eigenvalue weighted by molar-refractivity contribution is -0.152. The zero-order valence-corrected chi connectivity index (χ0v) is 8.46. The number of halogens is 1. The zero-order valence-electron chi connectivity index (χ0n) is 7.64. The fraction of sp³-hybridized carbons (Fsp3) is 0.875. The van der Waals surface area contributed by atoms with E-state index in [4.69, 9.17) is 4.74 Å². The third kappa shape index (κ3) is 6.17. The maximum absolute atomic E-state index is 11.0. The molecule has 0 saturated carbocycles. The first-order chi connectivity index (χ1) is 4.48. The van der Waals surface area contributed by atoms with Crippen LogP contribution in [-0.4, -0.2) is 12.6 Å². The molecule has 3 heteroatoms. The lowest BCUT2D eigenvalue weighted by atomic mass is 9.97. The van der Waals surface area contributed by atoms with E-state index in [1.54, 1.807) is 0 Å². The highest BCUT2D eigenvalue weighted by molar-refractivity contribution is 5.85. The fourth-order valence-corrected chi connectivity index (χ4v) is 0.411. The van der Waals surface area contributed by atoms with Crippen molar-refractivity contribution in [2.24, 2.45) is 5.41 Å². The Balaban J connectivity index is 0. The van der Waals surface area contributed by atoms with Crippen LogP contribution < -0.4 is 0 Å². The molecule has 0 fully saturated rings. The van der Waals surface area contributed by atoms with Gasteiger partial charge >= 0.3 is 5.97 Å². The van der Waals surface area contributed by atoms with Crippen LogP contribution in [0.25, 0.3) is 0 Å². The summed E-state index contributed by atoms with van der Waals surface area (Å²) < 4.78 is 4.92. The molecule has 0 amide bonds. The van der Waals surface area contributed by atoms with E-state index in [1.807, 2.05) is 27.7 Å². The summed E-state index contributed by atoms with van der Waals surface area (Å²) >= 11 is 0. The number of hydrogen-bond acceptors (Lipinski definition) is 2. The molecule has 11 heavy (non-hydrogen) atoms. The molecule has 0 aromatic heterocycles. The van der Waals surface area contributed by atoms with Gasteiger partial charge in [0.25, 0.3) is 0 Å². The van der Waals surface area contributed by atoms with Crippen LogP contribution in [0.15, 0.2) is 0 Å². The maximum atomic E-state index is 11.0.